The molecule has 0 saturated heterocycles. The zero-order chi connectivity index (χ0) is 12.3. The van der Waals surface area contributed by atoms with Crippen LogP contribution in [0.4, 0.5) is 0 Å². The molecule has 0 aliphatic heterocycles. The predicted octanol–water partition coefficient (Wildman–Crippen LogP) is 1.30. The number of pyridine rings is 1. The van der Waals surface area contributed by atoms with Crippen molar-refractivity contribution in [3.8, 4) is 11.6 Å². The van der Waals surface area contributed by atoms with Crippen LogP contribution in [-0.2, 0) is 0 Å². The van der Waals surface area contributed by atoms with Gasteiger partial charge in [0.05, 0.1) is 6.61 Å². The molecule has 0 aliphatic rings. The first-order valence-corrected chi connectivity index (χ1v) is 5.56. The molecule has 0 spiro atoms. The Hall–Kier alpha value is -1.95. The Bertz CT molecular complexity index is 538. The van der Waals surface area contributed by atoms with Crippen molar-refractivity contribution in [2.24, 2.45) is 5.73 Å². The average molecular weight is 248 g/mol. The summed E-state index contributed by atoms with van der Waals surface area (Å²) in [6.07, 6.45) is 5.06. The molecule has 88 valence electrons. The van der Waals surface area contributed by atoms with Crippen LogP contribution in [0.3, 0.4) is 0 Å². The van der Waals surface area contributed by atoms with Crippen LogP contribution in [-0.4, -0.2) is 26.1 Å². The van der Waals surface area contributed by atoms with Gasteiger partial charge in [0.2, 0.25) is 0 Å². The van der Waals surface area contributed by atoms with Gasteiger partial charge in [-0.05, 0) is 19.1 Å². The average Bonchev–Trinajstić information content (AvgIpc) is 2.79. The van der Waals surface area contributed by atoms with Gasteiger partial charge in [-0.2, -0.15) is 0 Å². The summed E-state index contributed by atoms with van der Waals surface area (Å²) in [7, 11) is 0. The van der Waals surface area contributed by atoms with Gasteiger partial charge in [-0.15, -0.1) is 0 Å². The molecule has 0 amide bonds. The molecule has 5 nitrogen and oxygen atoms in total. The van der Waals surface area contributed by atoms with Crippen LogP contribution < -0.4 is 10.5 Å². The molecule has 0 bridgehead atoms. The molecule has 6 heteroatoms. The summed E-state index contributed by atoms with van der Waals surface area (Å²) in [5, 5.41) is 0. The molecular formula is C11H12N4OS. The highest BCUT2D eigenvalue weighted by Crippen LogP contribution is 2.20. The number of nitrogens with zero attached hydrogens (tertiary/aromatic N) is 3. The van der Waals surface area contributed by atoms with E-state index in [0.29, 0.717) is 24.0 Å². The lowest BCUT2D eigenvalue weighted by molar-refractivity contribution is 0.337. The number of hydrogen-bond donors (Lipinski definition) is 1. The highest BCUT2D eigenvalue weighted by molar-refractivity contribution is 7.80. The largest absolute Gasteiger partial charge is 0.490 e. The van der Waals surface area contributed by atoms with E-state index in [9.17, 15) is 0 Å². The highest BCUT2D eigenvalue weighted by atomic mass is 32.1. The van der Waals surface area contributed by atoms with E-state index in [0.717, 1.165) is 0 Å². The van der Waals surface area contributed by atoms with Gasteiger partial charge in [0, 0.05) is 18.6 Å². The van der Waals surface area contributed by atoms with Crippen LogP contribution in [0.2, 0.25) is 0 Å². The number of rotatable bonds is 4. The number of imidazole rings is 1. The van der Waals surface area contributed by atoms with Crippen molar-refractivity contribution in [3.63, 3.8) is 0 Å². The van der Waals surface area contributed by atoms with Crippen molar-refractivity contribution in [1.82, 2.24) is 14.5 Å². The Morgan fingerprint density at radius 1 is 1.47 bits per heavy atom. The summed E-state index contributed by atoms with van der Waals surface area (Å²) in [5.74, 6) is 1.81. The number of ether oxygens (including phenoxy) is 1. The lowest BCUT2D eigenvalue weighted by Gasteiger charge is -2.11. The minimum atomic E-state index is 0.225. The predicted molar refractivity (Wildman–Crippen MR) is 68.4 cm³/mol. The molecule has 0 radical (unpaired) electrons. The fraction of sp³-hybridized carbons (Fsp3) is 0.182. The minimum absolute atomic E-state index is 0.225. The molecule has 0 aromatic carbocycles. The number of hydrogen-bond acceptors (Lipinski definition) is 4. The second kappa shape index (κ2) is 4.92. The summed E-state index contributed by atoms with van der Waals surface area (Å²) in [4.78, 5) is 8.59. The zero-order valence-corrected chi connectivity index (χ0v) is 10.1. The maximum absolute atomic E-state index is 5.60. The van der Waals surface area contributed by atoms with Gasteiger partial charge < -0.3 is 10.5 Å². The Morgan fingerprint density at radius 3 is 3.00 bits per heavy atom. The minimum Gasteiger partial charge on any atom is -0.490 e. The molecule has 0 saturated carbocycles. The van der Waals surface area contributed by atoms with Gasteiger partial charge in [-0.1, -0.05) is 12.2 Å². The van der Waals surface area contributed by atoms with E-state index < -0.39 is 0 Å². The van der Waals surface area contributed by atoms with Crippen molar-refractivity contribution >= 4 is 17.2 Å². The van der Waals surface area contributed by atoms with Crippen LogP contribution in [0.1, 0.15) is 12.7 Å². The van der Waals surface area contributed by atoms with Gasteiger partial charge >= 0.3 is 0 Å². The van der Waals surface area contributed by atoms with Crippen molar-refractivity contribution in [3.05, 3.63) is 36.5 Å². The Labute approximate surface area is 104 Å². The first kappa shape index (κ1) is 11.5. The monoisotopic (exact) mass is 248 g/mol. The summed E-state index contributed by atoms with van der Waals surface area (Å²) in [6, 6.07) is 3.65. The standard InChI is InChI=1S/C11H12N4OS/c1-2-16-8-4-3-5-13-10(8)15-7-6-14-11(15)9(12)17/h3-7H,2H2,1H3,(H2,12,17). The van der Waals surface area contributed by atoms with Crippen LogP contribution >= 0.6 is 12.2 Å². The summed E-state index contributed by atoms with van der Waals surface area (Å²) >= 11 is 4.94. The molecule has 0 aliphatic carbocycles. The van der Waals surface area contributed by atoms with E-state index in [4.69, 9.17) is 22.7 Å². The van der Waals surface area contributed by atoms with Crippen LogP contribution in [0.15, 0.2) is 30.7 Å². The van der Waals surface area contributed by atoms with Crippen LogP contribution in [0.5, 0.6) is 5.75 Å². The fourth-order valence-corrected chi connectivity index (χ4v) is 1.64. The van der Waals surface area contributed by atoms with Gasteiger partial charge in [0.25, 0.3) is 0 Å². The molecule has 2 aromatic heterocycles. The third-order valence-electron chi connectivity index (χ3n) is 2.14. The quantitative estimate of drug-likeness (QED) is 0.826. The van der Waals surface area contributed by atoms with Crippen molar-refractivity contribution in [2.45, 2.75) is 6.92 Å². The van der Waals surface area contributed by atoms with Gasteiger partial charge in [0.15, 0.2) is 17.4 Å². The molecule has 17 heavy (non-hydrogen) atoms. The normalized spacial score (nSPS) is 10.2. The Morgan fingerprint density at radius 2 is 2.29 bits per heavy atom. The van der Waals surface area contributed by atoms with Gasteiger partial charge in [0.1, 0.15) is 4.99 Å². The molecular weight excluding hydrogens is 236 g/mol. The molecule has 2 heterocycles. The summed E-state index contributed by atoms with van der Waals surface area (Å²) in [5.41, 5.74) is 5.60. The zero-order valence-electron chi connectivity index (χ0n) is 9.33. The van der Waals surface area contributed by atoms with Crippen LogP contribution in [0, 0.1) is 0 Å². The second-order valence-corrected chi connectivity index (χ2v) is 3.68. The topological polar surface area (TPSA) is 66.0 Å². The Balaban J connectivity index is 2.52. The molecule has 2 rings (SSSR count). The molecule has 0 fully saturated rings. The third-order valence-corrected chi connectivity index (χ3v) is 2.32. The lowest BCUT2D eigenvalue weighted by Crippen LogP contribution is -2.17. The van der Waals surface area contributed by atoms with E-state index in [1.807, 2.05) is 19.1 Å². The summed E-state index contributed by atoms with van der Waals surface area (Å²) in [6.45, 7) is 2.48. The Kier molecular flexibility index (Phi) is 3.34. The smallest absolute Gasteiger partial charge is 0.181 e. The van der Waals surface area contributed by atoms with E-state index >= 15 is 0 Å². The van der Waals surface area contributed by atoms with Crippen molar-refractivity contribution in [1.29, 1.82) is 0 Å². The maximum atomic E-state index is 5.60. The molecule has 0 unspecified atom stereocenters. The van der Waals surface area contributed by atoms with E-state index in [1.54, 1.807) is 23.2 Å². The number of thiocarbonyl (C=S) groups is 1. The first-order chi connectivity index (χ1) is 8.24. The molecule has 2 N–H and O–H groups in total. The SMILES string of the molecule is CCOc1cccnc1-n1ccnc1C(N)=S. The first-order valence-electron chi connectivity index (χ1n) is 5.15. The second-order valence-electron chi connectivity index (χ2n) is 3.24. The number of nitrogens with two attached hydrogens (primary N) is 1. The van der Waals surface area contributed by atoms with E-state index in [1.165, 1.54) is 0 Å². The molecule has 2 aromatic rings. The van der Waals surface area contributed by atoms with Gasteiger partial charge in [-0.25, -0.2) is 9.97 Å². The summed E-state index contributed by atoms with van der Waals surface area (Å²) < 4.78 is 7.22. The fourth-order valence-electron chi connectivity index (χ4n) is 1.49. The van der Waals surface area contributed by atoms with E-state index in [2.05, 4.69) is 9.97 Å². The lowest BCUT2D eigenvalue weighted by atomic mass is 10.4. The van der Waals surface area contributed by atoms with Crippen molar-refractivity contribution < 1.29 is 4.74 Å². The third kappa shape index (κ3) is 2.26. The highest BCUT2D eigenvalue weighted by Gasteiger charge is 2.12. The van der Waals surface area contributed by atoms with E-state index in [-0.39, 0.29) is 4.99 Å². The van der Waals surface area contributed by atoms with Crippen LogP contribution in [0.25, 0.3) is 5.82 Å². The van der Waals surface area contributed by atoms with Crippen molar-refractivity contribution in [2.75, 3.05) is 6.61 Å². The molecule has 0 atom stereocenters. The number of aromatic nitrogens is 3. The van der Waals surface area contributed by atoms with Gasteiger partial charge in [-0.3, -0.25) is 4.57 Å². The maximum Gasteiger partial charge on any atom is 0.181 e.